The molecule has 0 radical (unpaired) electrons. The first-order chi connectivity index (χ1) is 12.1. The van der Waals surface area contributed by atoms with Crippen molar-refractivity contribution in [1.82, 2.24) is 5.01 Å². The summed E-state index contributed by atoms with van der Waals surface area (Å²) in [5.41, 5.74) is 0.745. The molecule has 2 aromatic carbocycles. The SMILES string of the molecule is CC1c2ccc(C(F)(F)C(=O)O)cc2N(Cc2c(F)cccc2Cl)N1C. The lowest BCUT2D eigenvalue weighted by Crippen LogP contribution is -2.35. The van der Waals surface area contributed by atoms with Crippen molar-refractivity contribution in [3.63, 3.8) is 0 Å². The van der Waals surface area contributed by atoms with E-state index in [1.54, 1.807) is 23.1 Å². The van der Waals surface area contributed by atoms with Crippen molar-refractivity contribution >= 4 is 23.3 Å². The summed E-state index contributed by atoms with van der Waals surface area (Å²) < 4.78 is 42.0. The number of halogens is 4. The van der Waals surface area contributed by atoms with E-state index in [1.807, 2.05) is 6.92 Å². The van der Waals surface area contributed by atoms with Crippen molar-refractivity contribution in [2.75, 3.05) is 12.1 Å². The molecule has 2 aromatic rings. The molecule has 3 rings (SSSR count). The van der Waals surface area contributed by atoms with E-state index in [4.69, 9.17) is 16.7 Å². The van der Waals surface area contributed by atoms with Gasteiger partial charge in [-0.15, -0.1) is 0 Å². The molecule has 1 unspecified atom stereocenters. The van der Waals surface area contributed by atoms with Gasteiger partial charge in [0.15, 0.2) is 0 Å². The number of carboxylic acids is 1. The standard InChI is InChI=1S/C18H16ClF3N2O2/c1-10-12-7-6-11(18(21,22)17(25)26)8-16(12)24(23(10)2)9-13-14(19)4-3-5-15(13)20/h3-8,10H,9H2,1-2H3,(H,25,26). The van der Waals surface area contributed by atoms with Gasteiger partial charge in [0, 0.05) is 23.2 Å². The van der Waals surface area contributed by atoms with Crippen LogP contribution in [0.25, 0.3) is 0 Å². The quantitative estimate of drug-likeness (QED) is 0.837. The van der Waals surface area contributed by atoms with Gasteiger partial charge in [-0.1, -0.05) is 29.8 Å². The van der Waals surface area contributed by atoms with Crippen LogP contribution in [0.3, 0.4) is 0 Å². The van der Waals surface area contributed by atoms with Gasteiger partial charge < -0.3 is 10.1 Å². The van der Waals surface area contributed by atoms with Crippen LogP contribution in [0, 0.1) is 5.82 Å². The lowest BCUT2D eigenvalue weighted by molar-refractivity contribution is -0.166. The normalized spacial score (nSPS) is 17.5. The maximum atomic E-state index is 14.2. The van der Waals surface area contributed by atoms with Gasteiger partial charge in [0.25, 0.3) is 0 Å². The van der Waals surface area contributed by atoms with E-state index < -0.39 is 23.3 Å². The van der Waals surface area contributed by atoms with E-state index in [0.717, 1.165) is 17.7 Å². The van der Waals surface area contributed by atoms with Gasteiger partial charge in [0.05, 0.1) is 18.3 Å². The summed E-state index contributed by atoms with van der Waals surface area (Å²) in [6.45, 7) is 1.90. The Bertz CT molecular complexity index is 855. The number of aliphatic carboxylic acids is 1. The molecule has 0 amide bonds. The Kier molecular flexibility index (Phi) is 4.62. The highest BCUT2D eigenvalue weighted by atomic mass is 35.5. The number of nitrogens with zero attached hydrogens (tertiary/aromatic N) is 2. The Morgan fingerprint density at radius 2 is 2.00 bits per heavy atom. The van der Waals surface area contributed by atoms with Gasteiger partial charge in [-0.3, -0.25) is 0 Å². The Balaban J connectivity index is 2.06. The second kappa shape index (κ2) is 6.48. The molecule has 1 aliphatic rings. The fourth-order valence-electron chi connectivity index (χ4n) is 3.05. The summed E-state index contributed by atoms with van der Waals surface area (Å²) in [7, 11) is 1.74. The van der Waals surface area contributed by atoms with Crippen molar-refractivity contribution in [1.29, 1.82) is 0 Å². The molecule has 0 fully saturated rings. The topological polar surface area (TPSA) is 43.8 Å². The number of carbonyl (C=O) groups is 1. The van der Waals surface area contributed by atoms with E-state index in [-0.39, 0.29) is 23.2 Å². The van der Waals surface area contributed by atoms with Crippen molar-refractivity contribution in [3.8, 4) is 0 Å². The van der Waals surface area contributed by atoms with Crippen LogP contribution in [0.1, 0.15) is 29.7 Å². The van der Waals surface area contributed by atoms with Crippen molar-refractivity contribution in [2.45, 2.75) is 25.4 Å². The van der Waals surface area contributed by atoms with Gasteiger partial charge in [-0.25, -0.2) is 14.2 Å². The number of anilines is 1. The maximum absolute atomic E-state index is 14.2. The largest absolute Gasteiger partial charge is 0.477 e. The van der Waals surface area contributed by atoms with Crippen LogP contribution in [0.5, 0.6) is 0 Å². The molecule has 4 nitrogen and oxygen atoms in total. The lowest BCUT2D eigenvalue weighted by Gasteiger charge is -2.30. The number of hydrogen-bond donors (Lipinski definition) is 1. The summed E-state index contributed by atoms with van der Waals surface area (Å²) in [6, 6.07) is 7.88. The third-order valence-corrected chi connectivity index (χ3v) is 5.05. The molecule has 0 spiro atoms. The molecule has 8 heteroatoms. The molecule has 0 saturated carbocycles. The minimum Gasteiger partial charge on any atom is -0.477 e. The third kappa shape index (κ3) is 2.91. The average Bonchev–Trinajstić information content (AvgIpc) is 2.82. The van der Waals surface area contributed by atoms with Crippen LogP contribution in [0.2, 0.25) is 5.02 Å². The molecule has 1 N–H and O–H groups in total. The minimum absolute atomic E-state index is 0.0292. The molecule has 1 atom stereocenters. The highest BCUT2D eigenvalue weighted by Crippen LogP contribution is 2.43. The fraction of sp³-hybridized carbons (Fsp3) is 0.278. The highest BCUT2D eigenvalue weighted by Gasteiger charge is 2.43. The van der Waals surface area contributed by atoms with Gasteiger partial charge in [-0.2, -0.15) is 8.78 Å². The molecule has 0 aliphatic carbocycles. The third-order valence-electron chi connectivity index (χ3n) is 4.70. The van der Waals surface area contributed by atoms with Crippen LogP contribution in [0.4, 0.5) is 18.9 Å². The predicted molar refractivity (Wildman–Crippen MR) is 91.7 cm³/mol. The van der Waals surface area contributed by atoms with Gasteiger partial charge in [0.1, 0.15) is 5.82 Å². The summed E-state index contributed by atoms with van der Waals surface area (Å²) in [5.74, 6) is -6.74. The number of hydrogen-bond acceptors (Lipinski definition) is 3. The van der Waals surface area contributed by atoms with E-state index in [2.05, 4.69) is 0 Å². The van der Waals surface area contributed by atoms with Crippen molar-refractivity contribution in [2.24, 2.45) is 0 Å². The molecular formula is C18H16ClF3N2O2. The fourth-order valence-corrected chi connectivity index (χ4v) is 3.27. The first-order valence-corrected chi connectivity index (χ1v) is 8.21. The molecule has 26 heavy (non-hydrogen) atoms. The number of alkyl halides is 2. The summed E-state index contributed by atoms with van der Waals surface area (Å²) in [6.07, 6.45) is 0. The summed E-state index contributed by atoms with van der Waals surface area (Å²) >= 11 is 6.08. The van der Waals surface area contributed by atoms with Crippen molar-refractivity contribution < 1.29 is 23.1 Å². The van der Waals surface area contributed by atoms with E-state index in [1.165, 1.54) is 18.2 Å². The minimum atomic E-state index is -4.01. The zero-order valence-electron chi connectivity index (χ0n) is 14.0. The van der Waals surface area contributed by atoms with E-state index >= 15 is 0 Å². The Morgan fingerprint density at radius 3 is 2.62 bits per heavy atom. The van der Waals surface area contributed by atoms with Crippen LogP contribution in [0.15, 0.2) is 36.4 Å². The van der Waals surface area contributed by atoms with E-state index in [9.17, 15) is 18.0 Å². The number of benzene rings is 2. The molecule has 1 heterocycles. The lowest BCUT2D eigenvalue weighted by atomic mass is 10.0. The smallest absolute Gasteiger partial charge is 0.379 e. The molecule has 1 aliphatic heterocycles. The maximum Gasteiger partial charge on any atom is 0.379 e. The van der Waals surface area contributed by atoms with Crippen molar-refractivity contribution in [3.05, 3.63) is 63.9 Å². The highest BCUT2D eigenvalue weighted by molar-refractivity contribution is 6.31. The van der Waals surface area contributed by atoms with Crippen LogP contribution < -0.4 is 5.01 Å². The monoisotopic (exact) mass is 384 g/mol. The Labute approximate surface area is 153 Å². The molecule has 0 bridgehead atoms. The Hall–Kier alpha value is -2.25. The van der Waals surface area contributed by atoms with Crippen LogP contribution >= 0.6 is 11.6 Å². The van der Waals surface area contributed by atoms with Crippen LogP contribution in [-0.4, -0.2) is 23.1 Å². The molecule has 0 aromatic heterocycles. The van der Waals surface area contributed by atoms with Gasteiger partial charge in [0.2, 0.25) is 0 Å². The molecular weight excluding hydrogens is 369 g/mol. The average molecular weight is 385 g/mol. The number of rotatable bonds is 4. The number of hydrazine groups is 1. The number of carboxylic acid groups (broad SMARTS) is 1. The molecule has 0 saturated heterocycles. The Morgan fingerprint density at radius 1 is 1.31 bits per heavy atom. The van der Waals surface area contributed by atoms with Gasteiger partial charge in [-0.05, 0) is 30.7 Å². The van der Waals surface area contributed by atoms with Crippen LogP contribution in [-0.2, 0) is 17.3 Å². The molecule has 138 valence electrons. The second-order valence-corrected chi connectivity index (χ2v) is 6.57. The predicted octanol–water partition coefficient (Wildman–Crippen LogP) is 4.58. The zero-order valence-corrected chi connectivity index (χ0v) is 14.8. The summed E-state index contributed by atoms with van der Waals surface area (Å²) in [5, 5.41) is 12.4. The first kappa shape index (κ1) is 18.5. The zero-order chi connectivity index (χ0) is 19.2. The number of fused-ring (bicyclic) bond motifs is 1. The van der Waals surface area contributed by atoms with Gasteiger partial charge >= 0.3 is 11.9 Å². The summed E-state index contributed by atoms with van der Waals surface area (Å²) in [4.78, 5) is 10.9. The second-order valence-electron chi connectivity index (χ2n) is 6.16. The van der Waals surface area contributed by atoms with E-state index in [0.29, 0.717) is 5.69 Å². The first-order valence-electron chi connectivity index (χ1n) is 7.83.